The average Bonchev–Trinajstić information content (AvgIpc) is 2.69. The highest BCUT2D eigenvalue weighted by Gasteiger charge is 2.00. The van der Waals surface area contributed by atoms with Gasteiger partial charge in [-0.1, -0.05) is 13.8 Å². The highest BCUT2D eigenvalue weighted by molar-refractivity contribution is 14.1. The zero-order valence-electron chi connectivity index (χ0n) is 11.0. The van der Waals surface area contributed by atoms with Gasteiger partial charge in [-0.15, -0.1) is 35.3 Å². The maximum absolute atomic E-state index is 4.19. The molecule has 0 saturated carbocycles. The van der Waals surface area contributed by atoms with Crippen molar-refractivity contribution in [3.05, 3.63) is 19.9 Å². The summed E-state index contributed by atoms with van der Waals surface area (Å²) in [6.45, 7) is 6.26. The summed E-state index contributed by atoms with van der Waals surface area (Å²) in [4.78, 5) is 5.61. The molecule has 0 bridgehead atoms. The highest BCUT2D eigenvalue weighted by Crippen LogP contribution is 2.18. The Morgan fingerprint density at radius 1 is 1.39 bits per heavy atom. The van der Waals surface area contributed by atoms with E-state index in [-0.39, 0.29) is 24.0 Å². The van der Waals surface area contributed by atoms with E-state index in [2.05, 4.69) is 64.2 Å². The third-order valence-electron chi connectivity index (χ3n) is 2.19. The standard InChI is InChI=1S/C12H20IN3S.HI/c1-9(2)8-16-12(14-3)15-7-6-10-4-5-11(13)17-10;/h4-5,9H,6-8H2,1-3H3,(H2,14,15,16);1H. The molecule has 1 aromatic rings. The van der Waals surface area contributed by atoms with Gasteiger partial charge in [-0.05, 0) is 47.1 Å². The second kappa shape index (κ2) is 10.2. The Morgan fingerprint density at radius 3 is 2.61 bits per heavy atom. The first-order valence-corrected chi connectivity index (χ1v) is 7.70. The van der Waals surface area contributed by atoms with Crippen molar-refractivity contribution in [2.75, 3.05) is 20.1 Å². The number of guanidine groups is 1. The van der Waals surface area contributed by atoms with Crippen LogP contribution in [0, 0.1) is 8.80 Å². The minimum atomic E-state index is 0. The fourth-order valence-corrected chi connectivity index (χ4v) is 3.07. The minimum absolute atomic E-state index is 0. The van der Waals surface area contributed by atoms with E-state index in [4.69, 9.17) is 0 Å². The minimum Gasteiger partial charge on any atom is -0.356 e. The van der Waals surface area contributed by atoms with Crippen molar-refractivity contribution in [1.29, 1.82) is 0 Å². The fraction of sp³-hybridized carbons (Fsp3) is 0.583. The van der Waals surface area contributed by atoms with Crippen molar-refractivity contribution in [2.45, 2.75) is 20.3 Å². The quantitative estimate of drug-likeness (QED) is 0.376. The van der Waals surface area contributed by atoms with Gasteiger partial charge in [0.1, 0.15) is 0 Å². The Morgan fingerprint density at radius 2 is 2.11 bits per heavy atom. The van der Waals surface area contributed by atoms with E-state index in [1.165, 1.54) is 7.76 Å². The molecular weight excluding hydrogens is 472 g/mol. The van der Waals surface area contributed by atoms with E-state index >= 15 is 0 Å². The Kier molecular flexibility index (Phi) is 10.5. The predicted molar refractivity (Wildman–Crippen MR) is 100 cm³/mol. The summed E-state index contributed by atoms with van der Waals surface area (Å²) >= 11 is 4.21. The van der Waals surface area contributed by atoms with E-state index in [9.17, 15) is 0 Å². The van der Waals surface area contributed by atoms with Gasteiger partial charge in [-0.3, -0.25) is 4.99 Å². The summed E-state index contributed by atoms with van der Waals surface area (Å²) in [5, 5.41) is 6.63. The average molecular weight is 493 g/mol. The van der Waals surface area contributed by atoms with E-state index in [1.54, 1.807) is 0 Å². The van der Waals surface area contributed by atoms with E-state index < -0.39 is 0 Å². The summed E-state index contributed by atoms with van der Waals surface area (Å²) < 4.78 is 1.35. The number of hydrogen-bond acceptors (Lipinski definition) is 2. The van der Waals surface area contributed by atoms with Crippen molar-refractivity contribution in [3.63, 3.8) is 0 Å². The molecule has 104 valence electrons. The first kappa shape index (κ1) is 18.4. The molecular formula is C12H21I2N3S. The van der Waals surface area contributed by atoms with Crippen LogP contribution in [0.4, 0.5) is 0 Å². The van der Waals surface area contributed by atoms with Crippen LogP contribution in [-0.4, -0.2) is 26.1 Å². The van der Waals surface area contributed by atoms with E-state index in [0.29, 0.717) is 5.92 Å². The molecule has 0 atom stereocenters. The molecule has 0 radical (unpaired) electrons. The summed E-state index contributed by atoms with van der Waals surface area (Å²) in [7, 11) is 1.81. The van der Waals surface area contributed by atoms with Gasteiger partial charge < -0.3 is 10.6 Å². The summed E-state index contributed by atoms with van der Waals surface area (Å²) in [6.07, 6.45) is 1.05. The van der Waals surface area contributed by atoms with Crippen LogP contribution in [0.5, 0.6) is 0 Å². The molecule has 1 aromatic heterocycles. The number of aliphatic imine (C=N–C) groups is 1. The Bertz CT molecular complexity index is 364. The molecule has 0 aliphatic heterocycles. The van der Waals surface area contributed by atoms with Crippen LogP contribution >= 0.6 is 57.9 Å². The molecule has 1 heterocycles. The second-order valence-corrected chi connectivity index (χ2v) is 7.29. The molecule has 0 aliphatic rings. The molecule has 0 aliphatic carbocycles. The molecule has 18 heavy (non-hydrogen) atoms. The lowest BCUT2D eigenvalue weighted by molar-refractivity contribution is 0.615. The van der Waals surface area contributed by atoms with Crippen LogP contribution in [0.1, 0.15) is 18.7 Å². The monoisotopic (exact) mass is 493 g/mol. The molecule has 0 saturated heterocycles. The topological polar surface area (TPSA) is 36.4 Å². The van der Waals surface area contributed by atoms with E-state index in [1.807, 2.05) is 18.4 Å². The lowest BCUT2D eigenvalue weighted by Gasteiger charge is -2.12. The van der Waals surface area contributed by atoms with Crippen LogP contribution in [0.3, 0.4) is 0 Å². The Balaban J connectivity index is 0.00000289. The smallest absolute Gasteiger partial charge is 0.190 e. The number of nitrogens with one attached hydrogen (secondary N) is 2. The molecule has 0 aromatic carbocycles. The molecule has 6 heteroatoms. The highest BCUT2D eigenvalue weighted by atomic mass is 127. The Labute approximate surface area is 144 Å². The molecule has 2 N–H and O–H groups in total. The van der Waals surface area contributed by atoms with Gasteiger partial charge in [0.25, 0.3) is 0 Å². The molecule has 0 spiro atoms. The largest absolute Gasteiger partial charge is 0.356 e. The van der Waals surface area contributed by atoms with Gasteiger partial charge in [0.2, 0.25) is 0 Å². The van der Waals surface area contributed by atoms with Crippen LogP contribution < -0.4 is 10.6 Å². The van der Waals surface area contributed by atoms with Gasteiger partial charge in [-0.25, -0.2) is 0 Å². The van der Waals surface area contributed by atoms with Crippen molar-refractivity contribution < 1.29 is 0 Å². The number of thiophene rings is 1. The van der Waals surface area contributed by atoms with Crippen molar-refractivity contribution in [1.82, 2.24) is 10.6 Å². The van der Waals surface area contributed by atoms with E-state index in [0.717, 1.165) is 25.5 Å². The predicted octanol–water partition coefficient (Wildman–Crippen LogP) is 3.33. The first-order chi connectivity index (χ1) is 8.11. The van der Waals surface area contributed by atoms with Crippen molar-refractivity contribution in [2.24, 2.45) is 10.9 Å². The zero-order valence-corrected chi connectivity index (χ0v) is 16.3. The number of hydrogen-bond donors (Lipinski definition) is 2. The van der Waals surface area contributed by atoms with Crippen molar-refractivity contribution in [3.8, 4) is 0 Å². The van der Waals surface area contributed by atoms with Crippen LogP contribution in [0.2, 0.25) is 0 Å². The third-order valence-corrected chi connectivity index (χ3v) is 4.15. The van der Waals surface area contributed by atoms with Crippen LogP contribution in [0.25, 0.3) is 0 Å². The van der Waals surface area contributed by atoms with Gasteiger partial charge in [0, 0.05) is 25.0 Å². The maximum atomic E-state index is 4.19. The number of halogens is 2. The van der Waals surface area contributed by atoms with Gasteiger partial charge in [0.05, 0.1) is 2.88 Å². The zero-order chi connectivity index (χ0) is 12.7. The van der Waals surface area contributed by atoms with Gasteiger partial charge in [-0.2, -0.15) is 0 Å². The van der Waals surface area contributed by atoms with Gasteiger partial charge >= 0.3 is 0 Å². The molecule has 0 unspecified atom stereocenters. The van der Waals surface area contributed by atoms with Crippen molar-refractivity contribution >= 4 is 63.9 Å². The lowest BCUT2D eigenvalue weighted by Crippen LogP contribution is -2.39. The number of rotatable bonds is 5. The van der Waals surface area contributed by atoms with Gasteiger partial charge in [0.15, 0.2) is 5.96 Å². The molecule has 0 fully saturated rings. The van der Waals surface area contributed by atoms with Crippen LogP contribution in [-0.2, 0) is 6.42 Å². The number of nitrogens with zero attached hydrogens (tertiary/aromatic N) is 1. The normalized spacial score (nSPS) is 11.3. The third kappa shape index (κ3) is 7.78. The summed E-state index contributed by atoms with van der Waals surface area (Å²) in [5.41, 5.74) is 0. The summed E-state index contributed by atoms with van der Waals surface area (Å²) in [6, 6.07) is 4.35. The summed E-state index contributed by atoms with van der Waals surface area (Å²) in [5.74, 6) is 1.53. The SMILES string of the molecule is CN=C(NCCc1ccc(I)s1)NCC(C)C.I. The first-order valence-electron chi connectivity index (χ1n) is 5.80. The second-order valence-electron chi connectivity index (χ2n) is 4.23. The Hall–Kier alpha value is 0.430. The molecule has 3 nitrogen and oxygen atoms in total. The lowest BCUT2D eigenvalue weighted by atomic mass is 10.2. The molecule has 1 rings (SSSR count). The molecule has 0 amide bonds. The van der Waals surface area contributed by atoms with Crippen LogP contribution in [0.15, 0.2) is 17.1 Å². The maximum Gasteiger partial charge on any atom is 0.190 e. The fourth-order valence-electron chi connectivity index (χ4n) is 1.31.